The molecule has 0 fully saturated rings. The van der Waals surface area contributed by atoms with Crippen molar-refractivity contribution >= 4 is 5.69 Å². The molecule has 0 bridgehead atoms. The fourth-order valence-corrected chi connectivity index (χ4v) is 1.98. The molecule has 0 saturated carbocycles. The second-order valence-electron chi connectivity index (χ2n) is 4.67. The van der Waals surface area contributed by atoms with Crippen molar-refractivity contribution in [2.45, 2.75) is 26.9 Å². The highest BCUT2D eigenvalue weighted by molar-refractivity contribution is 5.63. The highest BCUT2D eigenvalue weighted by atomic mass is 16.6. The topological polar surface area (TPSA) is 89.2 Å². The Labute approximate surface area is 116 Å². The van der Waals surface area contributed by atoms with Gasteiger partial charge in [-0.3, -0.25) is 10.1 Å². The van der Waals surface area contributed by atoms with Gasteiger partial charge in [0.1, 0.15) is 0 Å². The maximum Gasteiger partial charge on any atom is 0.270 e. The first-order chi connectivity index (χ1) is 9.40. The number of rotatable bonds is 3. The fourth-order valence-electron chi connectivity index (χ4n) is 1.98. The molecule has 1 aromatic carbocycles. The molecule has 2 rings (SSSR count). The number of nitro benzene ring substituents is 1. The summed E-state index contributed by atoms with van der Waals surface area (Å²) in [6.07, 6.45) is 0.913. The summed E-state index contributed by atoms with van der Waals surface area (Å²) in [6.45, 7) is 5.27. The van der Waals surface area contributed by atoms with Crippen LogP contribution in [0, 0.1) is 24.0 Å². The summed E-state index contributed by atoms with van der Waals surface area (Å²) in [5.41, 5.74) is 2.80. The van der Waals surface area contributed by atoms with Crippen LogP contribution in [-0.4, -0.2) is 20.0 Å². The molecule has 1 aromatic heterocycles. The maximum atomic E-state index is 10.8. The Bertz CT molecular complexity index is 669. The third-order valence-electron chi connectivity index (χ3n) is 3.14. The number of aliphatic hydroxyl groups excluding tert-OH is 1. The molecule has 0 spiro atoms. The summed E-state index contributed by atoms with van der Waals surface area (Å²) < 4.78 is 0. The zero-order valence-corrected chi connectivity index (χ0v) is 11.5. The van der Waals surface area contributed by atoms with E-state index in [4.69, 9.17) is 0 Å². The molecule has 0 aliphatic rings. The van der Waals surface area contributed by atoms with Gasteiger partial charge in [-0.2, -0.15) is 0 Å². The van der Waals surface area contributed by atoms with Crippen LogP contribution in [0.2, 0.25) is 0 Å². The average Bonchev–Trinajstić information content (AvgIpc) is 2.38. The van der Waals surface area contributed by atoms with E-state index in [1.165, 1.54) is 12.1 Å². The Morgan fingerprint density at radius 3 is 2.60 bits per heavy atom. The summed E-state index contributed by atoms with van der Waals surface area (Å²) >= 11 is 0. The standard InChI is InChI=1S/C14H15N3O3/c1-8-4-5-11(17(19)20)6-12(8)14-15-7-13(10(3)18)9(2)16-14/h4-7,10,18H,1-3H3/t10-/m0/s1. The van der Waals surface area contributed by atoms with Gasteiger partial charge in [0, 0.05) is 35.2 Å². The molecule has 0 radical (unpaired) electrons. The van der Waals surface area contributed by atoms with Gasteiger partial charge in [0.05, 0.1) is 11.0 Å². The van der Waals surface area contributed by atoms with Crippen LogP contribution >= 0.6 is 0 Å². The number of aryl methyl sites for hydroxylation is 2. The fraction of sp³-hybridized carbons (Fsp3) is 0.286. The van der Waals surface area contributed by atoms with E-state index >= 15 is 0 Å². The van der Waals surface area contributed by atoms with Crippen LogP contribution in [0.1, 0.15) is 29.8 Å². The van der Waals surface area contributed by atoms with Crippen LogP contribution in [0.4, 0.5) is 5.69 Å². The van der Waals surface area contributed by atoms with Crippen LogP contribution < -0.4 is 0 Å². The van der Waals surface area contributed by atoms with Crippen molar-refractivity contribution in [3.63, 3.8) is 0 Å². The SMILES string of the molecule is Cc1ccc([N+](=O)[O-])cc1-c1ncc([C@H](C)O)c(C)n1. The van der Waals surface area contributed by atoms with Crippen molar-refractivity contribution in [2.24, 2.45) is 0 Å². The number of benzene rings is 1. The number of hydrogen-bond acceptors (Lipinski definition) is 5. The van der Waals surface area contributed by atoms with Crippen LogP contribution in [0.5, 0.6) is 0 Å². The zero-order chi connectivity index (χ0) is 14.9. The third kappa shape index (κ3) is 2.65. The quantitative estimate of drug-likeness (QED) is 0.686. The van der Waals surface area contributed by atoms with Gasteiger partial charge in [0.25, 0.3) is 5.69 Å². The molecule has 0 unspecified atom stereocenters. The molecule has 1 heterocycles. The molecule has 6 nitrogen and oxygen atoms in total. The van der Waals surface area contributed by atoms with Gasteiger partial charge in [0.2, 0.25) is 0 Å². The molecule has 0 aliphatic heterocycles. The molecule has 20 heavy (non-hydrogen) atoms. The van der Waals surface area contributed by atoms with Crippen molar-refractivity contribution in [2.75, 3.05) is 0 Å². The molecule has 1 N–H and O–H groups in total. The van der Waals surface area contributed by atoms with Crippen molar-refractivity contribution < 1.29 is 10.0 Å². The average molecular weight is 273 g/mol. The molecule has 1 atom stereocenters. The number of aliphatic hydroxyl groups is 1. The number of non-ortho nitro benzene ring substituents is 1. The first-order valence-electron chi connectivity index (χ1n) is 6.17. The minimum atomic E-state index is -0.643. The highest BCUT2D eigenvalue weighted by Crippen LogP contribution is 2.26. The van der Waals surface area contributed by atoms with Gasteiger partial charge in [-0.25, -0.2) is 9.97 Å². The number of hydrogen-bond donors (Lipinski definition) is 1. The largest absolute Gasteiger partial charge is 0.389 e. The number of nitro groups is 1. The smallest absolute Gasteiger partial charge is 0.270 e. The lowest BCUT2D eigenvalue weighted by Gasteiger charge is -2.10. The molecule has 0 amide bonds. The minimum Gasteiger partial charge on any atom is -0.389 e. The van der Waals surface area contributed by atoms with Crippen LogP contribution in [0.3, 0.4) is 0 Å². The molecular formula is C14H15N3O3. The van der Waals surface area contributed by atoms with E-state index in [1.807, 2.05) is 6.92 Å². The third-order valence-corrected chi connectivity index (χ3v) is 3.14. The second kappa shape index (κ2) is 5.34. The molecule has 0 aliphatic carbocycles. The Balaban J connectivity index is 2.54. The lowest BCUT2D eigenvalue weighted by Crippen LogP contribution is -2.02. The van der Waals surface area contributed by atoms with Crippen molar-refractivity contribution in [1.29, 1.82) is 0 Å². The summed E-state index contributed by atoms with van der Waals surface area (Å²) in [6, 6.07) is 4.59. The maximum absolute atomic E-state index is 10.8. The van der Waals surface area contributed by atoms with Gasteiger partial charge in [-0.05, 0) is 26.3 Å². The number of aromatic nitrogens is 2. The Morgan fingerprint density at radius 1 is 1.35 bits per heavy atom. The Kier molecular flexibility index (Phi) is 3.76. The molecule has 6 heteroatoms. The van der Waals surface area contributed by atoms with Gasteiger partial charge < -0.3 is 5.11 Å². The highest BCUT2D eigenvalue weighted by Gasteiger charge is 2.14. The summed E-state index contributed by atoms with van der Waals surface area (Å²) in [5, 5.41) is 20.4. The van der Waals surface area contributed by atoms with E-state index < -0.39 is 11.0 Å². The molecule has 2 aromatic rings. The summed E-state index contributed by atoms with van der Waals surface area (Å²) in [7, 11) is 0. The van der Waals surface area contributed by atoms with Gasteiger partial charge >= 0.3 is 0 Å². The van der Waals surface area contributed by atoms with E-state index in [9.17, 15) is 15.2 Å². The lowest BCUT2D eigenvalue weighted by molar-refractivity contribution is -0.384. The van der Waals surface area contributed by atoms with Crippen LogP contribution in [0.25, 0.3) is 11.4 Å². The van der Waals surface area contributed by atoms with Gasteiger partial charge in [-0.15, -0.1) is 0 Å². The normalized spacial score (nSPS) is 12.2. The van der Waals surface area contributed by atoms with E-state index in [0.717, 1.165) is 5.56 Å². The van der Waals surface area contributed by atoms with Crippen LogP contribution in [-0.2, 0) is 0 Å². The lowest BCUT2D eigenvalue weighted by atomic mass is 10.1. The van der Waals surface area contributed by atoms with E-state index in [0.29, 0.717) is 22.6 Å². The first kappa shape index (κ1) is 14.1. The minimum absolute atomic E-state index is 0.00598. The monoisotopic (exact) mass is 273 g/mol. The summed E-state index contributed by atoms with van der Waals surface area (Å²) in [5.74, 6) is 0.424. The molecule has 0 saturated heterocycles. The zero-order valence-electron chi connectivity index (χ0n) is 11.5. The molecular weight excluding hydrogens is 258 g/mol. The van der Waals surface area contributed by atoms with E-state index in [2.05, 4.69) is 9.97 Å². The molecule has 104 valence electrons. The van der Waals surface area contributed by atoms with Crippen LogP contribution in [0.15, 0.2) is 24.4 Å². The van der Waals surface area contributed by atoms with Crippen molar-refractivity contribution in [3.05, 3.63) is 51.3 Å². The van der Waals surface area contributed by atoms with Crippen molar-refractivity contribution in [3.8, 4) is 11.4 Å². The predicted molar refractivity (Wildman–Crippen MR) is 74.2 cm³/mol. The van der Waals surface area contributed by atoms with E-state index in [-0.39, 0.29) is 5.69 Å². The van der Waals surface area contributed by atoms with Gasteiger partial charge in [-0.1, -0.05) is 6.07 Å². The van der Waals surface area contributed by atoms with Gasteiger partial charge in [0.15, 0.2) is 5.82 Å². The van der Waals surface area contributed by atoms with Crippen molar-refractivity contribution in [1.82, 2.24) is 9.97 Å². The first-order valence-corrected chi connectivity index (χ1v) is 6.17. The van der Waals surface area contributed by atoms with E-state index in [1.54, 1.807) is 26.1 Å². The Hall–Kier alpha value is -2.34. The second-order valence-corrected chi connectivity index (χ2v) is 4.67. The predicted octanol–water partition coefficient (Wildman–Crippen LogP) is 2.72. The number of nitrogens with zero attached hydrogens (tertiary/aromatic N) is 3. The Morgan fingerprint density at radius 2 is 2.05 bits per heavy atom. The summed E-state index contributed by atoms with van der Waals surface area (Å²) in [4.78, 5) is 18.9.